The van der Waals surface area contributed by atoms with Crippen LogP contribution < -0.4 is 4.90 Å². The van der Waals surface area contributed by atoms with Gasteiger partial charge in [0.05, 0.1) is 18.1 Å². The van der Waals surface area contributed by atoms with Crippen molar-refractivity contribution < 1.29 is 24.2 Å². The number of aryl methyl sites for hydroxylation is 2. The lowest BCUT2D eigenvalue weighted by molar-refractivity contribution is -0.146. The number of carbonyl (C=O) groups is 3. The highest BCUT2D eigenvalue weighted by atomic mass is 32.1. The van der Waals surface area contributed by atoms with Crippen LogP contribution >= 0.6 is 11.3 Å². The monoisotopic (exact) mass is 489 g/mol. The quantitative estimate of drug-likeness (QED) is 0.214. The van der Waals surface area contributed by atoms with Crippen molar-refractivity contribution in [2.75, 3.05) is 4.90 Å². The number of carbonyl (C=O) groups excluding carboxylic acids is 3. The van der Waals surface area contributed by atoms with Gasteiger partial charge in [0.1, 0.15) is 11.8 Å². The maximum absolute atomic E-state index is 13.3. The van der Waals surface area contributed by atoms with Crippen LogP contribution in [-0.4, -0.2) is 28.9 Å². The average molecular weight is 490 g/mol. The molecule has 0 saturated carbocycles. The summed E-state index contributed by atoms with van der Waals surface area (Å²) < 4.78 is 5.20. The molecule has 2 heterocycles. The van der Waals surface area contributed by atoms with Crippen LogP contribution in [0, 0.1) is 13.8 Å². The minimum absolute atomic E-state index is 0.0655. The summed E-state index contributed by atoms with van der Waals surface area (Å²) in [5.74, 6) is -1.95. The number of anilines is 1. The third-order valence-electron chi connectivity index (χ3n) is 5.84. The molecule has 1 aliphatic heterocycles. The third-order valence-corrected chi connectivity index (χ3v) is 6.76. The molecule has 0 aliphatic carbocycles. The van der Waals surface area contributed by atoms with E-state index in [0.717, 1.165) is 21.6 Å². The Morgan fingerprint density at radius 2 is 1.80 bits per heavy atom. The van der Waals surface area contributed by atoms with Gasteiger partial charge in [-0.15, -0.1) is 11.3 Å². The number of hydrogen-bond donors (Lipinski definition) is 1. The zero-order chi connectivity index (χ0) is 25.3. The molecule has 0 spiro atoms. The van der Waals surface area contributed by atoms with Crippen LogP contribution in [-0.2, 0) is 25.5 Å². The lowest BCUT2D eigenvalue weighted by atomic mass is 9.96. The Bertz CT molecular complexity index is 1310. The van der Waals surface area contributed by atoms with E-state index in [1.807, 2.05) is 49.6 Å². The fraction of sp³-hybridized carbons (Fsp3) is 0.250. The van der Waals surface area contributed by atoms with Crippen LogP contribution in [0.25, 0.3) is 5.76 Å². The first-order valence-corrected chi connectivity index (χ1v) is 12.3. The van der Waals surface area contributed by atoms with Gasteiger partial charge in [-0.3, -0.25) is 19.3 Å². The lowest BCUT2D eigenvalue weighted by Gasteiger charge is -2.24. The van der Waals surface area contributed by atoms with Gasteiger partial charge in [0.2, 0.25) is 0 Å². The molecule has 6 nitrogen and oxygen atoms in total. The van der Waals surface area contributed by atoms with Crippen molar-refractivity contribution in [1.82, 2.24) is 0 Å². The molecule has 7 heteroatoms. The normalized spacial score (nSPS) is 17.3. The number of ether oxygens (including phenoxy) is 1. The van der Waals surface area contributed by atoms with E-state index in [1.165, 1.54) is 16.2 Å². The molecule has 1 amide bonds. The molecule has 180 valence electrons. The van der Waals surface area contributed by atoms with E-state index in [2.05, 4.69) is 0 Å². The molecule has 1 N–H and O–H groups in total. The van der Waals surface area contributed by atoms with Crippen LogP contribution in [0.2, 0.25) is 0 Å². The second kappa shape index (κ2) is 9.88. The highest BCUT2D eigenvalue weighted by molar-refractivity contribution is 7.10. The van der Waals surface area contributed by atoms with Gasteiger partial charge >= 0.3 is 5.97 Å². The summed E-state index contributed by atoms with van der Waals surface area (Å²) in [6, 6.07) is 15.5. The van der Waals surface area contributed by atoms with E-state index in [-0.39, 0.29) is 29.8 Å². The van der Waals surface area contributed by atoms with Gasteiger partial charge in [-0.05, 0) is 68.5 Å². The summed E-state index contributed by atoms with van der Waals surface area (Å²) in [5.41, 5.74) is 3.58. The molecule has 4 rings (SSSR count). The van der Waals surface area contributed by atoms with Gasteiger partial charge in [-0.1, -0.05) is 35.9 Å². The highest BCUT2D eigenvalue weighted by Crippen LogP contribution is 2.44. The van der Waals surface area contributed by atoms with Crippen LogP contribution in [0.1, 0.15) is 47.0 Å². The standard InChI is InChI=1S/C28H27NO5S/c1-16(2)34-23(30)15-19-9-11-20(12-10-19)29-25(22-6-5-13-35-22)24(27(32)28(29)33)26(31)21-14-17(3)7-8-18(21)4/h5-14,16,25,31H,15H2,1-4H3/b26-24-. The van der Waals surface area contributed by atoms with Crippen LogP contribution in [0.3, 0.4) is 0 Å². The van der Waals surface area contributed by atoms with E-state index >= 15 is 0 Å². The van der Waals surface area contributed by atoms with Gasteiger partial charge in [-0.25, -0.2) is 0 Å². The van der Waals surface area contributed by atoms with E-state index in [1.54, 1.807) is 38.1 Å². The molecule has 0 bridgehead atoms. The Morgan fingerprint density at radius 1 is 1.09 bits per heavy atom. The molecule has 1 aromatic heterocycles. The van der Waals surface area contributed by atoms with Crippen molar-refractivity contribution in [2.24, 2.45) is 0 Å². The van der Waals surface area contributed by atoms with Crippen molar-refractivity contribution >= 4 is 40.4 Å². The Kier molecular flexibility index (Phi) is 6.89. The van der Waals surface area contributed by atoms with Gasteiger partial charge in [0, 0.05) is 16.1 Å². The predicted molar refractivity (Wildman–Crippen MR) is 136 cm³/mol. The van der Waals surface area contributed by atoms with Crippen molar-refractivity contribution in [1.29, 1.82) is 0 Å². The summed E-state index contributed by atoms with van der Waals surface area (Å²) >= 11 is 1.41. The van der Waals surface area contributed by atoms with Gasteiger partial charge in [-0.2, -0.15) is 0 Å². The molecule has 1 aliphatic rings. The van der Waals surface area contributed by atoms with Gasteiger partial charge in [0.25, 0.3) is 11.7 Å². The van der Waals surface area contributed by atoms with E-state index in [0.29, 0.717) is 11.3 Å². The van der Waals surface area contributed by atoms with Crippen molar-refractivity contribution in [3.8, 4) is 0 Å². The zero-order valence-corrected chi connectivity index (χ0v) is 20.9. The van der Waals surface area contributed by atoms with Crippen molar-refractivity contribution in [3.05, 3.63) is 92.7 Å². The van der Waals surface area contributed by atoms with Gasteiger partial charge < -0.3 is 9.84 Å². The Hall–Kier alpha value is -3.71. The third kappa shape index (κ3) is 4.91. The maximum atomic E-state index is 13.3. The summed E-state index contributed by atoms with van der Waals surface area (Å²) in [5, 5.41) is 13.2. The molecule has 1 atom stereocenters. The molecule has 0 radical (unpaired) electrons. The summed E-state index contributed by atoms with van der Waals surface area (Å²) in [4.78, 5) is 40.7. The van der Waals surface area contributed by atoms with Crippen LogP contribution in [0.5, 0.6) is 0 Å². The van der Waals surface area contributed by atoms with E-state index in [9.17, 15) is 19.5 Å². The smallest absolute Gasteiger partial charge is 0.310 e. The summed E-state index contributed by atoms with van der Waals surface area (Å²) in [6.07, 6.45) is -0.0883. The lowest BCUT2D eigenvalue weighted by Crippen LogP contribution is -2.29. The second-order valence-electron chi connectivity index (χ2n) is 8.88. The minimum atomic E-state index is -0.758. The number of benzene rings is 2. The Balaban J connectivity index is 1.77. The predicted octanol–water partition coefficient (Wildman–Crippen LogP) is 5.49. The largest absolute Gasteiger partial charge is 0.507 e. The molecular weight excluding hydrogens is 462 g/mol. The zero-order valence-electron chi connectivity index (χ0n) is 20.1. The number of esters is 1. The fourth-order valence-electron chi connectivity index (χ4n) is 4.20. The fourth-order valence-corrected chi connectivity index (χ4v) is 5.02. The first kappa shape index (κ1) is 24.4. The summed E-state index contributed by atoms with van der Waals surface area (Å²) in [7, 11) is 0. The first-order chi connectivity index (χ1) is 16.7. The van der Waals surface area contributed by atoms with E-state index in [4.69, 9.17) is 4.74 Å². The molecule has 3 aromatic rings. The number of aliphatic hydroxyl groups is 1. The molecule has 1 unspecified atom stereocenters. The Labute approximate surface area is 208 Å². The topological polar surface area (TPSA) is 83.9 Å². The SMILES string of the molecule is Cc1ccc(C)c(/C(O)=C2/C(=O)C(=O)N(c3ccc(CC(=O)OC(C)C)cc3)C2c2cccs2)c1. The van der Waals surface area contributed by atoms with Crippen molar-refractivity contribution in [2.45, 2.75) is 46.3 Å². The Morgan fingerprint density at radius 3 is 2.43 bits per heavy atom. The highest BCUT2D eigenvalue weighted by Gasteiger charge is 2.47. The first-order valence-electron chi connectivity index (χ1n) is 11.4. The molecule has 35 heavy (non-hydrogen) atoms. The maximum Gasteiger partial charge on any atom is 0.310 e. The molecular formula is C28H27NO5S. The number of ketones is 1. The number of hydrogen-bond acceptors (Lipinski definition) is 6. The number of nitrogens with zero attached hydrogens (tertiary/aromatic N) is 1. The second-order valence-corrected chi connectivity index (χ2v) is 9.86. The molecule has 1 saturated heterocycles. The minimum Gasteiger partial charge on any atom is -0.507 e. The number of Topliss-reactive ketones (excluding diaryl/α,β-unsaturated/α-hetero) is 1. The van der Waals surface area contributed by atoms with Crippen molar-refractivity contribution in [3.63, 3.8) is 0 Å². The summed E-state index contributed by atoms with van der Waals surface area (Å²) in [6.45, 7) is 7.35. The van der Waals surface area contributed by atoms with Gasteiger partial charge in [0.15, 0.2) is 0 Å². The van der Waals surface area contributed by atoms with E-state index < -0.39 is 17.7 Å². The molecule has 2 aromatic carbocycles. The van der Waals surface area contributed by atoms with Crippen LogP contribution in [0.4, 0.5) is 5.69 Å². The number of amides is 1. The molecule has 1 fully saturated rings. The average Bonchev–Trinajstić information content (AvgIpc) is 3.42. The van der Waals surface area contributed by atoms with Crippen LogP contribution in [0.15, 0.2) is 65.6 Å². The number of rotatable bonds is 6. The number of thiophene rings is 1. The number of aliphatic hydroxyl groups excluding tert-OH is 1.